The van der Waals surface area contributed by atoms with Gasteiger partial charge >= 0.3 is 5.97 Å². The Morgan fingerprint density at radius 1 is 0.968 bits per heavy atom. The zero-order chi connectivity index (χ0) is 22.5. The maximum Gasteiger partial charge on any atom is 0.325 e. The number of rotatable bonds is 12. The molecule has 7 nitrogen and oxygen atoms in total. The fourth-order valence-corrected chi connectivity index (χ4v) is 2.71. The number of carbonyl (C=O) groups excluding carboxylic acids is 3. The molecule has 0 unspecified atom stereocenters. The van der Waals surface area contributed by atoms with E-state index in [1.54, 1.807) is 24.3 Å². The van der Waals surface area contributed by atoms with Crippen molar-refractivity contribution in [1.82, 2.24) is 10.6 Å². The van der Waals surface area contributed by atoms with Crippen LogP contribution in [-0.2, 0) is 14.3 Å². The van der Waals surface area contributed by atoms with Gasteiger partial charge in [0.1, 0.15) is 12.3 Å². The predicted octanol–water partition coefficient (Wildman–Crippen LogP) is 3.06. The summed E-state index contributed by atoms with van der Waals surface area (Å²) >= 11 is 0. The van der Waals surface area contributed by atoms with Crippen LogP contribution >= 0.6 is 0 Å². The van der Waals surface area contributed by atoms with Crippen molar-refractivity contribution in [3.63, 3.8) is 0 Å². The van der Waals surface area contributed by atoms with Crippen LogP contribution in [0.1, 0.15) is 48.5 Å². The highest BCUT2D eigenvalue weighted by Crippen LogP contribution is 2.13. The molecule has 2 N–H and O–H groups in total. The van der Waals surface area contributed by atoms with E-state index in [0.29, 0.717) is 24.5 Å². The lowest BCUT2D eigenvalue weighted by Gasteiger charge is -2.13. The molecule has 0 saturated heterocycles. The van der Waals surface area contributed by atoms with E-state index in [9.17, 15) is 14.4 Å². The third kappa shape index (κ3) is 8.90. The molecular weight excluding hydrogens is 396 g/mol. The van der Waals surface area contributed by atoms with Gasteiger partial charge in [0.15, 0.2) is 6.61 Å². The summed E-state index contributed by atoms with van der Waals surface area (Å²) in [5.74, 6) is -0.640. The summed E-state index contributed by atoms with van der Waals surface area (Å²) in [5, 5.41) is 5.22. The van der Waals surface area contributed by atoms with E-state index in [2.05, 4.69) is 17.6 Å². The summed E-state index contributed by atoms with van der Waals surface area (Å²) in [5.41, 5.74) is 1.52. The highest BCUT2D eigenvalue weighted by molar-refractivity contribution is 5.96. The fourth-order valence-electron chi connectivity index (χ4n) is 2.71. The van der Waals surface area contributed by atoms with Gasteiger partial charge in [-0.3, -0.25) is 14.4 Å². The predicted molar refractivity (Wildman–Crippen MR) is 118 cm³/mol. The number of unbranched alkanes of at least 4 members (excludes halogenated alkanes) is 1. The van der Waals surface area contributed by atoms with E-state index >= 15 is 0 Å². The van der Waals surface area contributed by atoms with Gasteiger partial charge in [-0.25, -0.2) is 0 Å². The third-order valence-electron chi connectivity index (χ3n) is 4.61. The highest BCUT2D eigenvalue weighted by Gasteiger charge is 2.12. The van der Waals surface area contributed by atoms with Gasteiger partial charge in [0.25, 0.3) is 11.8 Å². The van der Waals surface area contributed by atoms with E-state index < -0.39 is 11.9 Å². The van der Waals surface area contributed by atoms with Crippen molar-refractivity contribution in [1.29, 1.82) is 0 Å². The van der Waals surface area contributed by atoms with E-state index in [-0.39, 0.29) is 25.0 Å². The summed E-state index contributed by atoms with van der Waals surface area (Å²) in [4.78, 5) is 35.8. The molecule has 0 fully saturated rings. The summed E-state index contributed by atoms with van der Waals surface area (Å²) in [7, 11) is 0. The van der Waals surface area contributed by atoms with E-state index in [4.69, 9.17) is 9.47 Å². The number of hydrogen-bond acceptors (Lipinski definition) is 5. The van der Waals surface area contributed by atoms with Crippen LogP contribution < -0.4 is 15.4 Å². The average Bonchev–Trinajstić information content (AvgIpc) is 2.80. The number of benzene rings is 2. The van der Waals surface area contributed by atoms with Crippen LogP contribution in [0.2, 0.25) is 0 Å². The lowest BCUT2D eigenvalue weighted by molar-refractivity contribution is -0.147. The fraction of sp³-hybridized carbons (Fsp3) is 0.375. The smallest absolute Gasteiger partial charge is 0.325 e. The van der Waals surface area contributed by atoms with Crippen LogP contribution in [0.3, 0.4) is 0 Å². The van der Waals surface area contributed by atoms with Gasteiger partial charge < -0.3 is 20.1 Å². The minimum Gasteiger partial charge on any atom is -0.494 e. The molecule has 0 aliphatic carbocycles. The molecule has 166 valence electrons. The van der Waals surface area contributed by atoms with Crippen molar-refractivity contribution in [2.75, 3.05) is 26.3 Å². The van der Waals surface area contributed by atoms with Crippen LogP contribution in [-0.4, -0.2) is 44.1 Å². The normalized spacial score (nSPS) is 11.3. The number of amides is 2. The Hall–Kier alpha value is -3.35. The Morgan fingerprint density at radius 2 is 1.68 bits per heavy atom. The molecule has 7 heteroatoms. The van der Waals surface area contributed by atoms with Crippen molar-refractivity contribution in [3.05, 3.63) is 65.7 Å². The van der Waals surface area contributed by atoms with Crippen LogP contribution in [0.25, 0.3) is 0 Å². The third-order valence-corrected chi connectivity index (χ3v) is 4.61. The molecule has 31 heavy (non-hydrogen) atoms. The Bertz CT molecular complexity index is 837. The first-order chi connectivity index (χ1) is 15.0. The minimum absolute atomic E-state index is 0.142. The van der Waals surface area contributed by atoms with Gasteiger partial charge in [0.05, 0.1) is 6.61 Å². The Balaban J connectivity index is 1.64. The zero-order valence-corrected chi connectivity index (χ0v) is 18.1. The van der Waals surface area contributed by atoms with Crippen molar-refractivity contribution in [3.8, 4) is 5.75 Å². The minimum atomic E-state index is -0.681. The first kappa shape index (κ1) is 23.9. The van der Waals surface area contributed by atoms with Crippen LogP contribution in [0, 0.1) is 0 Å². The first-order valence-electron chi connectivity index (χ1n) is 10.5. The van der Waals surface area contributed by atoms with E-state index in [0.717, 1.165) is 18.4 Å². The Morgan fingerprint density at radius 3 is 2.35 bits per heavy atom. The van der Waals surface area contributed by atoms with Gasteiger partial charge in [0.2, 0.25) is 0 Å². The summed E-state index contributed by atoms with van der Waals surface area (Å²) in [6, 6.07) is 16.5. The van der Waals surface area contributed by atoms with Gasteiger partial charge in [-0.05, 0) is 42.2 Å². The SMILES string of the molecule is CCCCOc1ccc(C(=O)NCC(=O)OCC(=O)NC[C@@H](C)c2ccccc2)cc1. The number of hydrogen-bond donors (Lipinski definition) is 2. The second-order valence-electron chi connectivity index (χ2n) is 7.19. The molecular formula is C24H30N2O5. The lowest BCUT2D eigenvalue weighted by atomic mass is 10.0. The molecule has 0 bridgehead atoms. The highest BCUT2D eigenvalue weighted by atomic mass is 16.5. The maximum atomic E-state index is 12.1. The molecule has 1 atom stereocenters. The molecule has 0 saturated carbocycles. The molecule has 0 aliphatic rings. The lowest BCUT2D eigenvalue weighted by Crippen LogP contribution is -2.35. The molecule has 2 aromatic carbocycles. The molecule has 0 aromatic heterocycles. The summed E-state index contributed by atoms with van der Waals surface area (Å²) in [6.45, 7) is 4.45. The number of nitrogens with one attached hydrogen (secondary N) is 2. The van der Waals surface area contributed by atoms with Crippen LogP contribution in [0.5, 0.6) is 5.75 Å². The molecule has 0 spiro atoms. The largest absolute Gasteiger partial charge is 0.494 e. The quantitative estimate of drug-likeness (QED) is 0.402. The van der Waals surface area contributed by atoms with Gasteiger partial charge in [-0.15, -0.1) is 0 Å². The second kappa shape index (κ2) is 13.1. The van der Waals surface area contributed by atoms with Crippen molar-refractivity contribution < 1.29 is 23.9 Å². The number of carbonyl (C=O) groups is 3. The summed E-state index contributed by atoms with van der Waals surface area (Å²) in [6.07, 6.45) is 2.01. The Kier molecular flexibility index (Phi) is 10.1. The molecule has 2 amide bonds. The average molecular weight is 427 g/mol. The zero-order valence-electron chi connectivity index (χ0n) is 18.1. The molecule has 0 radical (unpaired) electrons. The number of ether oxygens (including phenoxy) is 2. The maximum absolute atomic E-state index is 12.1. The standard InChI is InChI=1S/C24H30N2O5/c1-3-4-14-30-21-12-10-20(11-13-21)24(29)26-16-23(28)31-17-22(27)25-15-18(2)19-8-6-5-7-9-19/h5-13,18H,3-4,14-17H2,1-2H3,(H,25,27)(H,26,29)/t18-/m1/s1. The van der Waals surface area contributed by atoms with Gasteiger partial charge in [0, 0.05) is 12.1 Å². The Labute approximate surface area is 183 Å². The topological polar surface area (TPSA) is 93.7 Å². The first-order valence-corrected chi connectivity index (χ1v) is 10.5. The summed E-state index contributed by atoms with van der Waals surface area (Å²) < 4.78 is 10.5. The van der Waals surface area contributed by atoms with Crippen molar-refractivity contribution in [2.45, 2.75) is 32.6 Å². The van der Waals surface area contributed by atoms with Crippen LogP contribution in [0.15, 0.2) is 54.6 Å². The van der Waals surface area contributed by atoms with E-state index in [1.807, 2.05) is 37.3 Å². The number of esters is 1. The monoisotopic (exact) mass is 426 g/mol. The van der Waals surface area contributed by atoms with E-state index in [1.165, 1.54) is 0 Å². The van der Waals surface area contributed by atoms with Gasteiger partial charge in [-0.1, -0.05) is 50.6 Å². The molecule has 2 rings (SSSR count). The van der Waals surface area contributed by atoms with Gasteiger partial charge in [-0.2, -0.15) is 0 Å². The molecule has 2 aromatic rings. The van der Waals surface area contributed by atoms with Crippen molar-refractivity contribution in [2.24, 2.45) is 0 Å². The molecule has 0 aliphatic heterocycles. The van der Waals surface area contributed by atoms with Crippen LogP contribution in [0.4, 0.5) is 0 Å². The molecule has 0 heterocycles. The second-order valence-corrected chi connectivity index (χ2v) is 7.19. The van der Waals surface area contributed by atoms with Crippen molar-refractivity contribution >= 4 is 17.8 Å².